The molecule has 1 fully saturated rings. The first-order valence-corrected chi connectivity index (χ1v) is 13.3. The van der Waals surface area contributed by atoms with E-state index in [-0.39, 0.29) is 16.1 Å². The molecule has 0 radical (unpaired) electrons. The van der Waals surface area contributed by atoms with E-state index in [0.29, 0.717) is 48.7 Å². The fourth-order valence-corrected chi connectivity index (χ4v) is 5.67. The Balaban J connectivity index is 1.46. The molecule has 180 valence electrons. The van der Waals surface area contributed by atoms with Gasteiger partial charge in [-0.25, -0.2) is 22.8 Å². The lowest BCUT2D eigenvalue weighted by atomic mass is 10.0. The summed E-state index contributed by atoms with van der Waals surface area (Å²) in [6, 6.07) is 4.36. The van der Waals surface area contributed by atoms with Crippen LogP contribution in [0.3, 0.4) is 0 Å². The van der Waals surface area contributed by atoms with Crippen molar-refractivity contribution in [3.63, 3.8) is 0 Å². The van der Waals surface area contributed by atoms with Crippen molar-refractivity contribution in [2.45, 2.75) is 44.3 Å². The van der Waals surface area contributed by atoms with Crippen LogP contribution < -0.4 is 14.8 Å². The molecule has 3 aromatic rings. The van der Waals surface area contributed by atoms with Gasteiger partial charge in [0.1, 0.15) is 5.82 Å². The predicted molar refractivity (Wildman–Crippen MR) is 128 cm³/mol. The molecule has 1 aliphatic carbocycles. The average Bonchev–Trinajstić information content (AvgIpc) is 3.58. The van der Waals surface area contributed by atoms with Crippen LogP contribution in [0.2, 0.25) is 0 Å². The van der Waals surface area contributed by atoms with E-state index in [4.69, 9.17) is 4.74 Å². The molecule has 0 bridgehead atoms. The van der Waals surface area contributed by atoms with E-state index >= 15 is 0 Å². The van der Waals surface area contributed by atoms with Crippen LogP contribution in [-0.2, 0) is 14.8 Å². The standard InChI is InChI=1S/C22H24FN5O4S2/c1-3-15(19-12-33-22(27-19)28-34(30,31)14-6-7-14)21(29)26-17-8-5-13(9-16(17)23)18-10-24-11-20(25-18)32-4-2/h5,8-12,14-15H,3-4,6-7H2,1-2H3,(H,26,29)(H,27,28)/t15-/m1/s1. The average molecular weight is 506 g/mol. The SMILES string of the molecule is CCOc1cncc(-c2ccc(NC(=O)[C@H](CC)c3csc(NS(=O)(=O)C4CC4)n3)c(F)c2)n1. The number of aromatic nitrogens is 3. The number of ether oxygens (including phenoxy) is 1. The summed E-state index contributed by atoms with van der Waals surface area (Å²) in [7, 11) is -3.44. The van der Waals surface area contributed by atoms with E-state index < -0.39 is 27.7 Å². The van der Waals surface area contributed by atoms with Crippen molar-refractivity contribution in [1.82, 2.24) is 15.0 Å². The summed E-state index contributed by atoms with van der Waals surface area (Å²) >= 11 is 1.12. The van der Waals surface area contributed by atoms with E-state index in [1.165, 1.54) is 24.5 Å². The normalized spacial score (nSPS) is 14.4. The molecule has 0 spiro atoms. The molecule has 2 N–H and O–H groups in total. The number of carbonyl (C=O) groups excluding carboxylic acids is 1. The van der Waals surface area contributed by atoms with Crippen LogP contribution in [0.1, 0.15) is 44.7 Å². The quantitative estimate of drug-likeness (QED) is 0.424. The molecule has 4 rings (SSSR count). The van der Waals surface area contributed by atoms with Gasteiger partial charge in [-0.2, -0.15) is 0 Å². The number of benzene rings is 1. The third kappa shape index (κ3) is 5.50. The van der Waals surface area contributed by atoms with Gasteiger partial charge in [0, 0.05) is 10.9 Å². The summed E-state index contributed by atoms with van der Waals surface area (Å²) in [5.41, 5.74) is 1.38. The second kappa shape index (κ2) is 10.0. The number of sulfonamides is 1. The van der Waals surface area contributed by atoms with E-state index in [9.17, 15) is 17.6 Å². The Labute approximate surface area is 200 Å². The van der Waals surface area contributed by atoms with E-state index in [0.717, 1.165) is 11.3 Å². The molecule has 9 nitrogen and oxygen atoms in total. The molecule has 1 saturated carbocycles. The van der Waals surface area contributed by atoms with Crippen molar-refractivity contribution in [1.29, 1.82) is 0 Å². The molecule has 1 atom stereocenters. The lowest BCUT2D eigenvalue weighted by Crippen LogP contribution is -2.22. The maximum absolute atomic E-state index is 14.8. The molecule has 2 aromatic heterocycles. The fraction of sp³-hybridized carbons (Fsp3) is 0.364. The summed E-state index contributed by atoms with van der Waals surface area (Å²) in [5, 5.41) is 4.10. The van der Waals surface area contributed by atoms with Crippen molar-refractivity contribution in [3.8, 4) is 17.1 Å². The number of halogens is 1. The first kappa shape index (κ1) is 24.0. The molecule has 34 heavy (non-hydrogen) atoms. The van der Waals surface area contributed by atoms with Crippen molar-refractivity contribution in [2.24, 2.45) is 0 Å². The second-order valence-corrected chi connectivity index (χ2v) is 10.6. The number of thiazole rings is 1. The largest absolute Gasteiger partial charge is 0.477 e. The van der Waals surface area contributed by atoms with E-state index in [2.05, 4.69) is 25.0 Å². The fourth-order valence-electron chi connectivity index (χ4n) is 3.31. The number of nitrogens with one attached hydrogen (secondary N) is 2. The van der Waals surface area contributed by atoms with Crippen molar-refractivity contribution in [2.75, 3.05) is 16.6 Å². The topological polar surface area (TPSA) is 123 Å². The van der Waals surface area contributed by atoms with Crippen LogP contribution in [0.25, 0.3) is 11.3 Å². The Bertz CT molecular complexity index is 1290. The van der Waals surface area contributed by atoms with Crippen molar-refractivity contribution >= 4 is 38.1 Å². The molecule has 1 amide bonds. The number of amides is 1. The third-order valence-corrected chi connectivity index (χ3v) is 7.96. The Hall–Kier alpha value is -3.12. The highest BCUT2D eigenvalue weighted by Gasteiger charge is 2.36. The minimum atomic E-state index is -3.44. The van der Waals surface area contributed by atoms with Gasteiger partial charge in [-0.1, -0.05) is 13.0 Å². The van der Waals surface area contributed by atoms with Crippen LogP contribution in [0.5, 0.6) is 5.88 Å². The van der Waals surface area contributed by atoms with Crippen molar-refractivity contribution in [3.05, 3.63) is 47.5 Å². The Kier molecular flexibility index (Phi) is 7.08. The first-order valence-electron chi connectivity index (χ1n) is 10.8. The second-order valence-electron chi connectivity index (χ2n) is 7.74. The summed E-state index contributed by atoms with van der Waals surface area (Å²) in [6.07, 6.45) is 4.67. The van der Waals surface area contributed by atoms with Crippen molar-refractivity contribution < 1.29 is 22.3 Å². The van der Waals surface area contributed by atoms with Gasteiger partial charge in [-0.05, 0) is 38.3 Å². The van der Waals surface area contributed by atoms with Gasteiger partial charge in [-0.3, -0.25) is 14.5 Å². The van der Waals surface area contributed by atoms with Crippen LogP contribution in [0.4, 0.5) is 15.2 Å². The zero-order valence-corrected chi connectivity index (χ0v) is 20.2. The van der Waals surface area contributed by atoms with Gasteiger partial charge in [0.05, 0.1) is 47.2 Å². The highest BCUT2D eigenvalue weighted by atomic mass is 32.2. The zero-order chi connectivity index (χ0) is 24.3. The Morgan fingerprint density at radius 2 is 2.06 bits per heavy atom. The van der Waals surface area contributed by atoms with Gasteiger partial charge >= 0.3 is 0 Å². The first-order chi connectivity index (χ1) is 16.3. The predicted octanol–water partition coefficient (Wildman–Crippen LogP) is 4.17. The summed E-state index contributed by atoms with van der Waals surface area (Å²) < 4.78 is 46.9. The maximum atomic E-state index is 14.8. The monoisotopic (exact) mass is 505 g/mol. The minimum absolute atomic E-state index is 0.0195. The molecule has 1 aliphatic rings. The van der Waals surface area contributed by atoms with Crippen LogP contribution in [0.15, 0.2) is 36.0 Å². The highest BCUT2D eigenvalue weighted by Crippen LogP contribution is 2.32. The van der Waals surface area contributed by atoms with Crippen LogP contribution in [-0.4, -0.2) is 41.1 Å². The van der Waals surface area contributed by atoms with E-state index in [1.807, 2.05) is 6.92 Å². The Morgan fingerprint density at radius 3 is 2.74 bits per heavy atom. The molecular formula is C22H24FN5O4S2. The smallest absolute Gasteiger partial charge is 0.237 e. The number of anilines is 2. The lowest BCUT2D eigenvalue weighted by Gasteiger charge is -2.14. The molecule has 0 unspecified atom stereocenters. The van der Waals surface area contributed by atoms with Crippen LogP contribution in [0, 0.1) is 5.82 Å². The number of rotatable bonds is 10. The van der Waals surface area contributed by atoms with Gasteiger partial charge < -0.3 is 10.1 Å². The van der Waals surface area contributed by atoms with Gasteiger partial charge in [0.25, 0.3) is 0 Å². The van der Waals surface area contributed by atoms with E-state index in [1.54, 1.807) is 18.4 Å². The van der Waals surface area contributed by atoms with Gasteiger partial charge in [-0.15, -0.1) is 11.3 Å². The third-order valence-electron chi connectivity index (χ3n) is 5.22. The molecule has 12 heteroatoms. The number of hydrogen-bond donors (Lipinski definition) is 2. The molecule has 0 aliphatic heterocycles. The van der Waals surface area contributed by atoms with Gasteiger partial charge in [0.2, 0.25) is 21.8 Å². The summed E-state index contributed by atoms with van der Waals surface area (Å²) in [6.45, 7) is 4.07. The minimum Gasteiger partial charge on any atom is -0.477 e. The molecule has 2 heterocycles. The maximum Gasteiger partial charge on any atom is 0.237 e. The number of nitrogens with zero attached hydrogens (tertiary/aromatic N) is 3. The van der Waals surface area contributed by atoms with Crippen LogP contribution >= 0.6 is 11.3 Å². The zero-order valence-electron chi connectivity index (χ0n) is 18.6. The molecular weight excluding hydrogens is 481 g/mol. The molecule has 0 saturated heterocycles. The Morgan fingerprint density at radius 1 is 1.26 bits per heavy atom. The summed E-state index contributed by atoms with van der Waals surface area (Å²) in [4.78, 5) is 25.5. The van der Waals surface area contributed by atoms with Gasteiger partial charge in [0.15, 0.2) is 5.13 Å². The lowest BCUT2D eigenvalue weighted by molar-refractivity contribution is -0.117. The molecule has 1 aromatic carbocycles. The highest BCUT2D eigenvalue weighted by molar-refractivity contribution is 7.93. The summed E-state index contributed by atoms with van der Waals surface area (Å²) in [5.74, 6) is -1.39. The number of hydrogen-bond acceptors (Lipinski definition) is 8. The number of carbonyl (C=O) groups is 1.